The zero-order chi connectivity index (χ0) is 14.3. The van der Waals surface area contributed by atoms with E-state index in [2.05, 4.69) is 4.98 Å². The molecule has 3 N–H and O–H groups in total. The molecule has 0 unspecified atom stereocenters. The Labute approximate surface area is 110 Å². The number of amides is 2. The Morgan fingerprint density at radius 1 is 1.21 bits per heavy atom. The van der Waals surface area contributed by atoms with Crippen LogP contribution >= 0.6 is 0 Å². The molecule has 7 heteroatoms. The number of nitrogens with zero attached hydrogens (tertiary/aromatic N) is 2. The summed E-state index contributed by atoms with van der Waals surface area (Å²) in [6.45, 7) is -0.917. The van der Waals surface area contributed by atoms with Crippen LogP contribution in [-0.4, -0.2) is 45.9 Å². The lowest BCUT2D eigenvalue weighted by atomic mass is 10.1. The molecule has 1 aromatic heterocycles. The Balaban J connectivity index is 2.56. The van der Waals surface area contributed by atoms with Crippen LogP contribution in [0.25, 0.3) is 0 Å². The minimum Gasteiger partial charge on any atom is -0.480 e. The maximum absolute atomic E-state index is 11.8. The molecule has 7 nitrogen and oxygen atoms in total. The van der Waals surface area contributed by atoms with E-state index in [4.69, 9.17) is 10.8 Å². The molecular formula is C12H15N3O4. The van der Waals surface area contributed by atoms with Crippen molar-refractivity contribution in [1.29, 1.82) is 0 Å². The quantitative estimate of drug-likeness (QED) is 0.684. The van der Waals surface area contributed by atoms with Crippen molar-refractivity contribution in [3.8, 4) is 0 Å². The van der Waals surface area contributed by atoms with Gasteiger partial charge in [-0.3, -0.25) is 19.4 Å². The maximum Gasteiger partial charge on any atom is 0.323 e. The Morgan fingerprint density at radius 2 is 1.84 bits per heavy atom. The third-order valence-corrected chi connectivity index (χ3v) is 2.40. The van der Waals surface area contributed by atoms with E-state index < -0.39 is 24.3 Å². The van der Waals surface area contributed by atoms with E-state index in [0.717, 1.165) is 10.5 Å². The highest BCUT2D eigenvalue weighted by atomic mass is 16.4. The Bertz CT molecular complexity index is 445. The number of aryl methyl sites for hydroxylation is 1. The van der Waals surface area contributed by atoms with Crippen molar-refractivity contribution in [2.75, 3.05) is 13.1 Å². The number of aliphatic carboxylic acids is 1. The molecule has 0 aromatic carbocycles. The topological polar surface area (TPSA) is 114 Å². The molecule has 0 bridgehead atoms. The largest absolute Gasteiger partial charge is 0.480 e. The van der Waals surface area contributed by atoms with Crippen molar-refractivity contribution in [1.82, 2.24) is 9.88 Å². The molecule has 102 valence electrons. The lowest BCUT2D eigenvalue weighted by Crippen LogP contribution is -2.41. The van der Waals surface area contributed by atoms with Gasteiger partial charge >= 0.3 is 5.97 Å². The first-order chi connectivity index (χ1) is 8.99. The van der Waals surface area contributed by atoms with Crippen molar-refractivity contribution in [2.24, 2.45) is 5.73 Å². The van der Waals surface area contributed by atoms with Crippen LogP contribution < -0.4 is 5.73 Å². The van der Waals surface area contributed by atoms with E-state index in [1.165, 1.54) is 0 Å². The summed E-state index contributed by atoms with van der Waals surface area (Å²) >= 11 is 0. The first-order valence-corrected chi connectivity index (χ1v) is 5.66. The van der Waals surface area contributed by atoms with Gasteiger partial charge in [0.05, 0.1) is 6.54 Å². The molecule has 1 rings (SSSR count). The van der Waals surface area contributed by atoms with E-state index >= 15 is 0 Å². The van der Waals surface area contributed by atoms with Crippen LogP contribution in [0.2, 0.25) is 0 Å². The number of carboxylic acid groups (broad SMARTS) is 1. The maximum atomic E-state index is 11.8. The second-order valence-electron chi connectivity index (χ2n) is 3.97. The fourth-order valence-corrected chi connectivity index (χ4v) is 1.54. The number of primary amides is 1. The zero-order valence-corrected chi connectivity index (χ0v) is 10.3. The van der Waals surface area contributed by atoms with Crippen molar-refractivity contribution < 1.29 is 19.5 Å². The Kier molecular flexibility index (Phi) is 5.46. The number of rotatable bonds is 7. The Hall–Kier alpha value is -2.44. The van der Waals surface area contributed by atoms with E-state index in [1.807, 2.05) is 0 Å². The highest BCUT2D eigenvalue weighted by Crippen LogP contribution is 2.03. The van der Waals surface area contributed by atoms with Crippen LogP contribution in [0.4, 0.5) is 0 Å². The minimum atomic E-state index is -1.18. The van der Waals surface area contributed by atoms with Gasteiger partial charge in [0.2, 0.25) is 11.8 Å². The van der Waals surface area contributed by atoms with Gasteiger partial charge in [-0.05, 0) is 24.1 Å². The van der Waals surface area contributed by atoms with Gasteiger partial charge in [0.25, 0.3) is 0 Å². The number of hydrogen-bond acceptors (Lipinski definition) is 4. The lowest BCUT2D eigenvalue weighted by molar-refractivity contribution is -0.145. The SMILES string of the molecule is NC(=O)CN(CC(=O)O)C(=O)CCc1ccncc1. The predicted octanol–water partition coefficient (Wildman–Crippen LogP) is -0.587. The Morgan fingerprint density at radius 3 is 2.37 bits per heavy atom. The average Bonchev–Trinajstić information content (AvgIpc) is 2.35. The van der Waals surface area contributed by atoms with Crippen molar-refractivity contribution >= 4 is 17.8 Å². The number of hydrogen-bond donors (Lipinski definition) is 2. The predicted molar refractivity (Wildman–Crippen MR) is 66.0 cm³/mol. The first-order valence-electron chi connectivity index (χ1n) is 5.66. The average molecular weight is 265 g/mol. The molecule has 1 heterocycles. The summed E-state index contributed by atoms with van der Waals surface area (Å²) in [5.74, 6) is -2.34. The summed E-state index contributed by atoms with van der Waals surface area (Å²) in [6, 6.07) is 3.53. The summed E-state index contributed by atoms with van der Waals surface area (Å²) in [7, 11) is 0. The molecule has 0 atom stereocenters. The molecular weight excluding hydrogens is 250 g/mol. The smallest absolute Gasteiger partial charge is 0.323 e. The van der Waals surface area contributed by atoms with Gasteiger partial charge in [0.1, 0.15) is 6.54 Å². The monoisotopic (exact) mass is 265 g/mol. The van der Waals surface area contributed by atoms with Gasteiger partial charge in [-0.25, -0.2) is 0 Å². The van der Waals surface area contributed by atoms with Crippen LogP contribution in [0.15, 0.2) is 24.5 Å². The first kappa shape index (κ1) is 14.6. The third-order valence-electron chi connectivity index (χ3n) is 2.40. The van der Waals surface area contributed by atoms with E-state index in [1.54, 1.807) is 24.5 Å². The lowest BCUT2D eigenvalue weighted by Gasteiger charge is -2.18. The van der Waals surface area contributed by atoms with Crippen LogP contribution in [-0.2, 0) is 20.8 Å². The molecule has 0 aliphatic rings. The second kappa shape index (κ2) is 7.10. The number of carboxylic acids is 1. The molecule has 0 saturated heterocycles. The van der Waals surface area contributed by atoms with Gasteiger partial charge in [-0.15, -0.1) is 0 Å². The van der Waals surface area contributed by atoms with Crippen molar-refractivity contribution in [3.05, 3.63) is 30.1 Å². The van der Waals surface area contributed by atoms with Gasteiger partial charge < -0.3 is 15.7 Å². The molecule has 1 aromatic rings. The normalized spacial score (nSPS) is 9.89. The minimum absolute atomic E-state index is 0.116. The molecule has 19 heavy (non-hydrogen) atoms. The molecule has 0 radical (unpaired) electrons. The number of carbonyl (C=O) groups excluding carboxylic acids is 2. The van der Waals surface area contributed by atoms with Gasteiger partial charge in [0, 0.05) is 18.8 Å². The number of aromatic nitrogens is 1. The van der Waals surface area contributed by atoms with Crippen LogP contribution in [0.3, 0.4) is 0 Å². The molecule has 0 fully saturated rings. The summed E-state index contributed by atoms with van der Waals surface area (Å²) in [5, 5.41) is 8.68. The number of nitrogens with two attached hydrogens (primary N) is 1. The van der Waals surface area contributed by atoms with Crippen molar-refractivity contribution in [2.45, 2.75) is 12.8 Å². The molecule has 0 aliphatic heterocycles. The third kappa shape index (κ3) is 5.62. The number of carbonyl (C=O) groups is 3. The second-order valence-corrected chi connectivity index (χ2v) is 3.97. The van der Waals surface area contributed by atoms with E-state index in [9.17, 15) is 14.4 Å². The van der Waals surface area contributed by atoms with Gasteiger partial charge in [-0.1, -0.05) is 0 Å². The summed E-state index contributed by atoms with van der Waals surface area (Å²) < 4.78 is 0. The molecule has 2 amide bonds. The standard InChI is InChI=1S/C12H15N3O4/c13-10(16)7-15(8-12(18)19)11(17)2-1-9-3-5-14-6-4-9/h3-6H,1-2,7-8H2,(H2,13,16)(H,18,19). The van der Waals surface area contributed by atoms with E-state index in [-0.39, 0.29) is 13.0 Å². The fourth-order valence-electron chi connectivity index (χ4n) is 1.54. The van der Waals surface area contributed by atoms with Crippen LogP contribution in [0.1, 0.15) is 12.0 Å². The molecule has 0 spiro atoms. The number of pyridine rings is 1. The summed E-state index contributed by atoms with van der Waals surface area (Å²) in [5.41, 5.74) is 5.89. The van der Waals surface area contributed by atoms with Gasteiger partial charge in [0.15, 0.2) is 0 Å². The van der Waals surface area contributed by atoms with Crippen LogP contribution in [0, 0.1) is 0 Å². The highest BCUT2D eigenvalue weighted by molar-refractivity contribution is 5.86. The summed E-state index contributed by atoms with van der Waals surface area (Å²) in [6.07, 6.45) is 3.79. The summed E-state index contributed by atoms with van der Waals surface area (Å²) in [4.78, 5) is 38.0. The van der Waals surface area contributed by atoms with Gasteiger partial charge in [-0.2, -0.15) is 0 Å². The molecule has 0 saturated carbocycles. The fraction of sp³-hybridized carbons (Fsp3) is 0.333. The molecule has 0 aliphatic carbocycles. The van der Waals surface area contributed by atoms with E-state index in [0.29, 0.717) is 6.42 Å². The zero-order valence-electron chi connectivity index (χ0n) is 10.3. The highest BCUT2D eigenvalue weighted by Gasteiger charge is 2.18. The van der Waals surface area contributed by atoms with Crippen molar-refractivity contribution in [3.63, 3.8) is 0 Å². The van der Waals surface area contributed by atoms with Crippen LogP contribution in [0.5, 0.6) is 0 Å².